The fraction of sp³-hybridized carbons (Fsp3) is 0.125. The first kappa shape index (κ1) is 12.6. The molecule has 1 aliphatic rings. The summed E-state index contributed by atoms with van der Waals surface area (Å²) in [5, 5.41) is 0.552. The van der Waals surface area contributed by atoms with Crippen LogP contribution in [0.2, 0.25) is 0 Å². The molecule has 1 aromatic heterocycles. The fourth-order valence-corrected chi connectivity index (χ4v) is 3.76. The molecule has 0 N–H and O–H groups in total. The lowest BCUT2D eigenvalue weighted by Gasteiger charge is -2.07. The molecule has 0 saturated carbocycles. The van der Waals surface area contributed by atoms with Crippen LogP contribution in [0.25, 0.3) is 11.0 Å². The molecule has 104 valence electrons. The maximum atomic E-state index is 12.9. The quantitative estimate of drug-likeness (QED) is 0.726. The first-order chi connectivity index (χ1) is 10.2. The zero-order chi connectivity index (χ0) is 14.4. The molecule has 0 fully saturated rings. The van der Waals surface area contributed by atoms with Gasteiger partial charge in [-0.15, -0.1) is 0 Å². The monoisotopic (exact) mass is 298 g/mol. The van der Waals surface area contributed by atoms with Gasteiger partial charge in [-0.3, -0.25) is 9.36 Å². The Balaban J connectivity index is 1.65. The SMILES string of the molecule is O=C1[C@@H](Cc2ccc(F)cc2)Sc2nc3ccccc3n21. The third-order valence-corrected chi connectivity index (χ3v) is 4.75. The van der Waals surface area contributed by atoms with E-state index < -0.39 is 0 Å². The molecule has 0 unspecified atom stereocenters. The molecule has 0 spiro atoms. The lowest BCUT2D eigenvalue weighted by Crippen LogP contribution is -2.19. The summed E-state index contributed by atoms with van der Waals surface area (Å²) in [4.78, 5) is 17.1. The predicted molar refractivity (Wildman–Crippen MR) is 80.1 cm³/mol. The Morgan fingerprint density at radius 3 is 2.71 bits per heavy atom. The minimum Gasteiger partial charge on any atom is -0.273 e. The third-order valence-electron chi connectivity index (χ3n) is 3.61. The van der Waals surface area contributed by atoms with Crippen molar-refractivity contribution in [2.45, 2.75) is 16.8 Å². The molecule has 0 saturated heterocycles. The van der Waals surface area contributed by atoms with Crippen molar-refractivity contribution in [3.8, 4) is 0 Å². The van der Waals surface area contributed by atoms with Crippen molar-refractivity contribution < 1.29 is 9.18 Å². The summed E-state index contributed by atoms with van der Waals surface area (Å²) in [5.41, 5.74) is 2.65. The molecular formula is C16H11FN2OS. The van der Waals surface area contributed by atoms with Crippen LogP contribution in [-0.4, -0.2) is 20.7 Å². The number of aromatic nitrogens is 2. The molecule has 3 aromatic rings. The largest absolute Gasteiger partial charge is 0.273 e. The summed E-state index contributed by atoms with van der Waals surface area (Å²) in [6, 6.07) is 13.9. The summed E-state index contributed by atoms with van der Waals surface area (Å²) >= 11 is 1.48. The first-order valence-electron chi connectivity index (χ1n) is 6.65. The van der Waals surface area contributed by atoms with Gasteiger partial charge >= 0.3 is 0 Å². The van der Waals surface area contributed by atoms with E-state index in [1.165, 1.54) is 23.9 Å². The number of halogens is 1. The Bertz CT molecular complexity index is 841. The highest BCUT2D eigenvalue weighted by Gasteiger charge is 2.34. The van der Waals surface area contributed by atoms with Gasteiger partial charge in [0.05, 0.1) is 16.3 Å². The van der Waals surface area contributed by atoms with Gasteiger partial charge in [-0.25, -0.2) is 9.37 Å². The van der Waals surface area contributed by atoms with Crippen LogP contribution in [0.1, 0.15) is 10.4 Å². The molecule has 2 heterocycles. The second kappa shape index (κ2) is 4.70. The van der Waals surface area contributed by atoms with Crippen molar-refractivity contribution in [2.75, 3.05) is 0 Å². The smallest absolute Gasteiger partial charge is 0.247 e. The zero-order valence-corrected chi connectivity index (χ0v) is 11.8. The van der Waals surface area contributed by atoms with E-state index in [1.807, 2.05) is 24.3 Å². The Morgan fingerprint density at radius 2 is 1.90 bits per heavy atom. The molecular weight excluding hydrogens is 287 g/mol. The zero-order valence-electron chi connectivity index (χ0n) is 11.0. The number of carbonyl (C=O) groups is 1. The van der Waals surface area contributed by atoms with Gasteiger partial charge in [-0.2, -0.15) is 0 Å². The van der Waals surface area contributed by atoms with Crippen molar-refractivity contribution in [3.05, 3.63) is 59.9 Å². The topological polar surface area (TPSA) is 34.9 Å². The average molecular weight is 298 g/mol. The number of para-hydroxylation sites is 2. The molecule has 3 nitrogen and oxygen atoms in total. The summed E-state index contributed by atoms with van der Waals surface area (Å²) in [7, 11) is 0. The van der Waals surface area contributed by atoms with Crippen molar-refractivity contribution in [3.63, 3.8) is 0 Å². The first-order valence-corrected chi connectivity index (χ1v) is 7.53. The number of nitrogens with zero attached hydrogens (tertiary/aromatic N) is 2. The van der Waals surface area contributed by atoms with Gasteiger partial charge in [-0.05, 0) is 36.2 Å². The van der Waals surface area contributed by atoms with Gasteiger partial charge in [0.25, 0.3) is 0 Å². The number of imidazole rings is 1. The fourth-order valence-electron chi connectivity index (χ4n) is 2.58. The van der Waals surface area contributed by atoms with Crippen molar-refractivity contribution >= 4 is 28.7 Å². The normalized spacial score (nSPS) is 17.4. The van der Waals surface area contributed by atoms with E-state index in [-0.39, 0.29) is 17.0 Å². The molecule has 0 bridgehead atoms. The predicted octanol–water partition coefficient (Wildman–Crippen LogP) is 3.53. The summed E-state index contributed by atoms with van der Waals surface area (Å²) in [6.45, 7) is 0. The van der Waals surface area contributed by atoms with Crippen LogP contribution in [0.5, 0.6) is 0 Å². The van der Waals surface area contributed by atoms with E-state index in [0.29, 0.717) is 6.42 Å². The number of carbonyl (C=O) groups excluding carboxylic acids is 1. The average Bonchev–Trinajstić information content (AvgIpc) is 2.99. The van der Waals surface area contributed by atoms with Gasteiger partial charge in [-0.1, -0.05) is 36.0 Å². The van der Waals surface area contributed by atoms with Crippen LogP contribution in [0, 0.1) is 5.82 Å². The van der Waals surface area contributed by atoms with Crippen LogP contribution in [0.3, 0.4) is 0 Å². The maximum Gasteiger partial charge on any atom is 0.247 e. The van der Waals surface area contributed by atoms with E-state index >= 15 is 0 Å². The molecule has 1 aliphatic heterocycles. The third kappa shape index (κ3) is 2.05. The molecule has 5 heteroatoms. The van der Waals surface area contributed by atoms with Crippen molar-refractivity contribution in [1.29, 1.82) is 0 Å². The minimum absolute atomic E-state index is 0.0491. The van der Waals surface area contributed by atoms with Crippen LogP contribution in [-0.2, 0) is 6.42 Å². The minimum atomic E-state index is -0.261. The number of thioether (sulfide) groups is 1. The van der Waals surface area contributed by atoms with Crippen LogP contribution in [0.15, 0.2) is 53.7 Å². The lowest BCUT2D eigenvalue weighted by atomic mass is 10.1. The number of fused-ring (bicyclic) bond motifs is 3. The number of hydrogen-bond acceptors (Lipinski definition) is 3. The number of benzene rings is 2. The van der Waals surface area contributed by atoms with E-state index in [4.69, 9.17) is 0 Å². The summed E-state index contributed by atoms with van der Waals surface area (Å²) in [5.74, 6) is -0.212. The van der Waals surface area contributed by atoms with Gasteiger partial charge < -0.3 is 0 Å². The highest BCUT2D eigenvalue weighted by atomic mass is 32.2. The van der Waals surface area contributed by atoms with Crippen LogP contribution >= 0.6 is 11.8 Å². The Hall–Kier alpha value is -2.14. The molecule has 4 rings (SSSR count). The Morgan fingerprint density at radius 1 is 1.14 bits per heavy atom. The molecule has 0 aliphatic carbocycles. The van der Waals surface area contributed by atoms with Gasteiger partial charge in [0.2, 0.25) is 5.91 Å². The second-order valence-electron chi connectivity index (χ2n) is 4.99. The van der Waals surface area contributed by atoms with Gasteiger partial charge in [0, 0.05) is 0 Å². The van der Waals surface area contributed by atoms with Gasteiger partial charge in [0.1, 0.15) is 5.82 Å². The highest BCUT2D eigenvalue weighted by molar-refractivity contribution is 8.00. The molecule has 1 atom stereocenters. The van der Waals surface area contributed by atoms with E-state index in [0.717, 1.165) is 21.8 Å². The lowest BCUT2D eigenvalue weighted by molar-refractivity contribution is 0.0914. The highest BCUT2D eigenvalue weighted by Crippen LogP contribution is 2.36. The van der Waals surface area contributed by atoms with E-state index in [1.54, 1.807) is 16.7 Å². The molecule has 21 heavy (non-hydrogen) atoms. The standard InChI is InChI=1S/C16H11FN2OS/c17-11-7-5-10(6-8-11)9-14-15(20)19-13-4-2-1-3-12(13)18-16(19)21-14/h1-8,14H,9H2/t14-/m1/s1. The summed E-state index contributed by atoms with van der Waals surface area (Å²) in [6.07, 6.45) is 0.585. The van der Waals surface area contributed by atoms with E-state index in [2.05, 4.69) is 4.98 Å². The van der Waals surface area contributed by atoms with Crippen molar-refractivity contribution in [2.24, 2.45) is 0 Å². The molecule has 2 aromatic carbocycles. The second-order valence-corrected chi connectivity index (χ2v) is 6.16. The van der Waals surface area contributed by atoms with Crippen LogP contribution < -0.4 is 0 Å². The number of hydrogen-bond donors (Lipinski definition) is 0. The van der Waals surface area contributed by atoms with E-state index in [9.17, 15) is 9.18 Å². The molecule has 0 amide bonds. The number of rotatable bonds is 2. The Labute approximate surface area is 124 Å². The van der Waals surface area contributed by atoms with Crippen LogP contribution in [0.4, 0.5) is 4.39 Å². The summed E-state index contributed by atoms with van der Waals surface area (Å²) < 4.78 is 14.6. The molecule has 0 radical (unpaired) electrons. The van der Waals surface area contributed by atoms with Gasteiger partial charge in [0.15, 0.2) is 5.16 Å². The Kier molecular flexibility index (Phi) is 2.82. The maximum absolute atomic E-state index is 12.9. The van der Waals surface area contributed by atoms with Crippen molar-refractivity contribution in [1.82, 2.24) is 9.55 Å².